The van der Waals surface area contributed by atoms with E-state index >= 15 is 0 Å². The molecule has 0 aliphatic carbocycles. The number of anilines is 1. The van der Waals surface area contributed by atoms with Crippen molar-refractivity contribution in [2.45, 2.75) is 13.3 Å². The maximum atomic E-state index is 12.3. The van der Waals surface area contributed by atoms with Gasteiger partial charge < -0.3 is 24.9 Å². The number of carbonyl (C=O) groups excluding carboxylic acids is 2. The number of hydrogen-bond acceptors (Lipinski definition) is 5. The second kappa shape index (κ2) is 9.20. The van der Waals surface area contributed by atoms with Crippen LogP contribution in [0.25, 0.3) is 0 Å². The smallest absolute Gasteiger partial charge is 0.339 e. The highest BCUT2D eigenvalue weighted by atomic mass is 35.5. The third-order valence-electron chi connectivity index (χ3n) is 3.65. The molecule has 1 aromatic heterocycles. The van der Waals surface area contributed by atoms with Crippen molar-refractivity contribution in [2.75, 3.05) is 25.6 Å². The molecule has 144 valence electrons. The number of nitrogens with one attached hydrogen (secondary N) is 2. The maximum Gasteiger partial charge on any atom is 0.339 e. The zero-order valence-electron chi connectivity index (χ0n) is 14.8. The molecule has 8 nitrogen and oxygen atoms in total. The standard InChI is InChI=1S/C18H19ClN2O6/c1-3-14-12(18(24)25)9-15(27-14)17(23)21-10-4-5-11(13(19)8-10)16(22)20-6-7-26-2/h4-5,8-9H,3,6-7H2,1-2H3,(H,20,22)(H,21,23)(H,24,25). The maximum absolute atomic E-state index is 12.3. The van der Waals surface area contributed by atoms with E-state index in [0.717, 1.165) is 0 Å². The molecule has 3 N–H and O–H groups in total. The number of rotatable bonds is 8. The zero-order chi connectivity index (χ0) is 20.0. The summed E-state index contributed by atoms with van der Waals surface area (Å²) in [7, 11) is 1.53. The van der Waals surface area contributed by atoms with E-state index in [1.54, 1.807) is 6.92 Å². The number of carboxylic acid groups (broad SMARTS) is 1. The van der Waals surface area contributed by atoms with Gasteiger partial charge in [-0.2, -0.15) is 0 Å². The second-order valence-electron chi connectivity index (χ2n) is 5.50. The molecule has 27 heavy (non-hydrogen) atoms. The number of methoxy groups -OCH3 is 1. The molecule has 0 aliphatic heterocycles. The van der Waals surface area contributed by atoms with Crippen LogP contribution >= 0.6 is 11.6 Å². The normalized spacial score (nSPS) is 10.5. The first kappa shape index (κ1) is 20.5. The third-order valence-corrected chi connectivity index (χ3v) is 3.96. The van der Waals surface area contributed by atoms with Gasteiger partial charge in [0.25, 0.3) is 11.8 Å². The van der Waals surface area contributed by atoms with Gasteiger partial charge >= 0.3 is 5.97 Å². The van der Waals surface area contributed by atoms with Gasteiger partial charge in [-0.25, -0.2) is 4.79 Å². The third kappa shape index (κ3) is 5.08. The van der Waals surface area contributed by atoms with Crippen molar-refractivity contribution in [1.82, 2.24) is 5.32 Å². The van der Waals surface area contributed by atoms with Crippen molar-refractivity contribution in [1.29, 1.82) is 0 Å². The molecule has 0 saturated heterocycles. The Bertz CT molecular complexity index is 862. The fourth-order valence-corrected chi connectivity index (χ4v) is 2.58. The van der Waals surface area contributed by atoms with E-state index in [4.69, 9.17) is 25.9 Å². The summed E-state index contributed by atoms with van der Waals surface area (Å²) < 4.78 is 10.2. The topological polar surface area (TPSA) is 118 Å². The molecule has 0 radical (unpaired) electrons. The number of benzene rings is 1. The number of carbonyl (C=O) groups is 3. The van der Waals surface area contributed by atoms with Gasteiger partial charge in [0.05, 0.1) is 17.2 Å². The van der Waals surface area contributed by atoms with Crippen molar-refractivity contribution in [3.63, 3.8) is 0 Å². The van der Waals surface area contributed by atoms with E-state index in [1.807, 2.05) is 0 Å². The minimum Gasteiger partial charge on any atom is -0.478 e. The predicted octanol–water partition coefficient (Wildman–Crippen LogP) is 2.82. The SMILES string of the molecule is CCc1oc(C(=O)Nc2ccc(C(=O)NCCOC)c(Cl)c2)cc1C(=O)O. The van der Waals surface area contributed by atoms with E-state index in [9.17, 15) is 14.4 Å². The van der Waals surface area contributed by atoms with Crippen molar-refractivity contribution in [2.24, 2.45) is 0 Å². The molecular weight excluding hydrogens is 376 g/mol. The molecule has 2 amide bonds. The van der Waals surface area contributed by atoms with Crippen LogP contribution in [0.15, 0.2) is 28.7 Å². The second-order valence-corrected chi connectivity index (χ2v) is 5.91. The quantitative estimate of drug-likeness (QED) is 0.592. The molecule has 0 fully saturated rings. The molecule has 1 heterocycles. The highest BCUT2D eigenvalue weighted by Gasteiger charge is 2.20. The minimum absolute atomic E-state index is 0.0521. The summed E-state index contributed by atoms with van der Waals surface area (Å²) in [5, 5.41) is 14.5. The van der Waals surface area contributed by atoms with Gasteiger partial charge in [0.1, 0.15) is 11.3 Å². The largest absolute Gasteiger partial charge is 0.478 e. The van der Waals surface area contributed by atoms with Crippen molar-refractivity contribution in [3.8, 4) is 0 Å². The Morgan fingerprint density at radius 2 is 1.93 bits per heavy atom. The molecule has 1 aromatic carbocycles. The number of hydrogen-bond donors (Lipinski definition) is 3. The first-order chi connectivity index (χ1) is 12.9. The molecule has 9 heteroatoms. The number of halogens is 1. The first-order valence-corrected chi connectivity index (χ1v) is 8.49. The molecule has 0 saturated carbocycles. The van der Waals surface area contributed by atoms with Gasteiger partial charge in [-0.15, -0.1) is 0 Å². The Morgan fingerprint density at radius 3 is 2.48 bits per heavy atom. The lowest BCUT2D eigenvalue weighted by molar-refractivity contribution is 0.0694. The van der Waals surface area contributed by atoms with Crippen LogP contribution in [0, 0.1) is 0 Å². The average molecular weight is 395 g/mol. The summed E-state index contributed by atoms with van der Waals surface area (Å²) in [6.07, 6.45) is 0.341. The molecular formula is C18H19ClN2O6. The van der Waals surface area contributed by atoms with Crippen LogP contribution in [-0.2, 0) is 11.2 Å². The molecule has 2 rings (SSSR count). The molecule has 0 unspecified atom stereocenters. The van der Waals surface area contributed by atoms with Crippen LogP contribution < -0.4 is 10.6 Å². The van der Waals surface area contributed by atoms with E-state index in [1.165, 1.54) is 31.4 Å². The van der Waals surface area contributed by atoms with Crippen molar-refractivity contribution < 1.29 is 28.6 Å². The number of aromatic carboxylic acids is 1. The minimum atomic E-state index is -1.17. The van der Waals surface area contributed by atoms with E-state index < -0.39 is 11.9 Å². The van der Waals surface area contributed by atoms with Gasteiger partial charge in [-0.1, -0.05) is 18.5 Å². The number of ether oxygens (including phenoxy) is 1. The number of amides is 2. The summed E-state index contributed by atoms with van der Waals surface area (Å²) in [5.74, 6) is -2.05. The summed E-state index contributed by atoms with van der Waals surface area (Å²) in [5.41, 5.74) is 0.540. The van der Waals surface area contributed by atoms with Crippen LogP contribution in [0.5, 0.6) is 0 Å². The molecule has 2 aromatic rings. The average Bonchev–Trinajstić information content (AvgIpc) is 3.07. The van der Waals surface area contributed by atoms with Gasteiger partial charge in [0.2, 0.25) is 0 Å². The molecule has 0 spiro atoms. The highest BCUT2D eigenvalue weighted by molar-refractivity contribution is 6.34. The summed E-state index contributed by atoms with van der Waals surface area (Å²) in [6.45, 7) is 2.44. The van der Waals surface area contributed by atoms with Gasteiger partial charge in [0, 0.05) is 31.8 Å². The lowest BCUT2D eigenvalue weighted by Crippen LogP contribution is -2.27. The molecule has 0 bridgehead atoms. The lowest BCUT2D eigenvalue weighted by atomic mass is 10.2. The van der Waals surface area contributed by atoms with Crippen LogP contribution in [-0.4, -0.2) is 43.2 Å². The highest BCUT2D eigenvalue weighted by Crippen LogP contribution is 2.23. The van der Waals surface area contributed by atoms with Crippen LogP contribution in [0.2, 0.25) is 5.02 Å². The van der Waals surface area contributed by atoms with E-state index in [2.05, 4.69) is 10.6 Å². The van der Waals surface area contributed by atoms with Gasteiger partial charge in [0.15, 0.2) is 5.76 Å². The van der Waals surface area contributed by atoms with Crippen molar-refractivity contribution in [3.05, 3.63) is 51.9 Å². The van der Waals surface area contributed by atoms with Crippen LogP contribution in [0.1, 0.15) is 44.0 Å². The van der Waals surface area contributed by atoms with Crippen LogP contribution in [0.3, 0.4) is 0 Å². The number of furan rings is 1. The Hall–Kier alpha value is -2.84. The lowest BCUT2D eigenvalue weighted by Gasteiger charge is -2.09. The fraction of sp³-hybridized carbons (Fsp3) is 0.278. The number of carboxylic acids is 1. The fourth-order valence-electron chi connectivity index (χ4n) is 2.32. The summed E-state index contributed by atoms with van der Waals surface area (Å²) in [6, 6.07) is 5.58. The van der Waals surface area contributed by atoms with Crippen molar-refractivity contribution >= 4 is 35.1 Å². The van der Waals surface area contributed by atoms with Gasteiger partial charge in [-0.05, 0) is 18.2 Å². The first-order valence-electron chi connectivity index (χ1n) is 8.11. The Balaban J connectivity index is 2.11. The van der Waals surface area contributed by atoms with Gasteiger partial charge in [-0.3, -0.25) is 9.59 Å². The van der Waals surface area contributed by atoms with E-state index in [-0.39, 0.29) is 33.6 Å². The number of aryl methyl sites for hydroxylation is 1. The zero-order valence-corrected chi connectivity index (χ0v) is 15.6. The summed E-state index contributed by atoms with van der Waals surface area (Å²) >= 11 is 6.12. The molecule has 0 atom stereocenters. The Kier molecular flexibility index (Phi) is 6.98. The van der Waals surface area contributed by atoms with Crippen LogP contribution in [0.4, 0.5) is 5.69 Å². The van der Waals surface area contributed by atoms with E-state index in [0.29, 0.717) is 25.3 Å². The Morgan fingerprint density at radius 1 is 1.19 bits per heavy atom. The molecule has 0 aliphatic rings. The predicted molar refractivity (Wildman–Crippen MR) is 98.7 cm³/mol. The monoisotopic (exact) mass is 394 g/mol. The summed E-state index contributed by atoms with van der Waals surface area (Å²) in [4.78, 5) is 35.5. The Labute approximate surface area is 160 Å².